The maximum atomic E-state index is 12.0. The van der Waals surface area contributed by atoms with Crippen LogP contribution in [0.5, 0.6) is 5.75 Å². The Kier molecular flexibility index (Phi) is 7.69. The van der Waals surface area contributed by atoms with Crippen LogP contribution in [0.25, 0.3) is 0 Å². The smallest absolute Gasteiger partial charge is 0.271 e. The van der Waals surface area contributed by atoms with E-state index < -0.39 is 0 Å². The number of nitrogens with one attached hydrogen (secondary N) is 1. The molecule has 1 amide bonds. The van der Waals surface area contributed by atoms with Gasteiger partial charge in [0, 0.05) is 14.2 Å². The largest absolute Gasteiger partial charge is 0.488 e. The number of carbonyl (C=O) groups excluding carboxylic acids is 1. The van der Waals surface area contributed by atoms with E-state index >= 15 is 0 Å². The van der Waals surface area contributed by atoms with Crippen molar-refractivity contribution >= 4 is 68.9 Å². The molecule has 0 aliphatic carbocycles. The van der Waals surface area contributed by atoms with Crippen molar-refractivity contribution in [3.05, 3.63) is 95.6 Å². The molecule has 0 saturated carbocycles. The van der Waals surface area contributed by atoms with Gasteiger partial charge < -0.3 is 4.74 Å². The number of benzene rings is 3. The minimum atomic E-state index is -0.292. The van der Waals surface area contributed by atoms with E-state index in [2.05, 4.69) is 80.0 Å². The van der Waals surface area contributed by atoms with Gasteiger partial charge in [0.2, 0.25) is 0 Å². The Bertz CT molecular complexity index is 990. The van der Waals surface area contributed by atoms with Gasteiger partial charge in [-0.05, 0) is 111 Å². The number of hydrazone groups is 1. The molecule has 3 aromatic carbocycles. The molecular formula is C21H15ClI2N2O2. The lowest BCUT2D eigenvalue weighted by Crippen LogP contribution is -2.17. The highest BCUT2D eigenvalue weighted by Gasteiger charge is 2.05. The minimum Gasteiger partial charge on any atom is -0.488 e. The third-order valence-electron chi connectivity index (χ3n) is 3.75. The summed E-state index contributed by atoms with van der Waals surface area (Å²) in [5.74, 6) is 0.515. The van der Waals surface area contributed by atoms with Crippen molar-refractivity contribution < 1.29 is 9.53 Å². The summed E-state index contributed by atoms with van der Waals surface area (Å²) in [5.41, 5.74) is 4.98. The average molecular weight is 617 g/mol. The molecule has 0 bridgehead atoms. The predicted molar refractivity (Wildman–Crippen MR) is 129 cm³/mol. The molecule has 0 fully saturated rings. The van der Waals surface area contributed by atoms with Gasteiger partial charge in [-0.15, -0.1) is 0 Å². The molecular weight excluding hydrogens is 602 g/mol. The Hall–Kier alpha value is -1.65. The second-order valence-corrected chi connectivity index (χ2v) is 8.66. The number of rotatable bonds is 6. The number of ether oxygens (including phenoxy) is 1. The fourth-order valence-corrected chi connectivity index (χ4v) is 3.47. The first kappa shape index (κ1) is 21.1. The van der Waals surface area contributed by atoms with Crippen molar-refractivity contribution in [1.29, 1.82) is 0 Å². The first-order chi connectivity index (χ1) is 13.5. The Morgan fingerprint density at radius 1 is 1.04 bits per heavy atom. The van der Waals surface area contributed by atoms with E-state index in [1.807, 2.05) is 18.2 Å². The molecule has 0 spiro atoms. The zero-order valence-electron chi connectivity index (χ0n) is 14.5. The van der Waals surface area contributed by atoms with Crippen molar-refractivity contribution in [1.82, 2.24) is 5.43 Å². The van der Waals surface area contributed by atoms with Gasteiger partial charge in [-0.3, -0.25) is 4.79 Å². The van der Waals surface area contributed by atoms with Gasteiger partial charge in [0.15, 0.2) is 0 Å². The van der Waals surface area contributed by atoms with Crippen LogP contribution in [-0.4, -0.2) is 12.1 Å². The Balaban J connectivity index is 1.57. The molecule has 7 heteroatoms. The Morgan fingerprint density at radius 2 is 1.75 bits per heavy atom. The molecule has 28 heavy (non-hydrogen) atoms. The van der Waals surface area contributed by atoms with Crippen LogP contribution < -0.4 is 10.2 Å². The molecule has 142 valence electrons. The van der Waals surface area contributed by atoms with Gasteiger partial charge in [0.25, 0.3) is 5.91 Å². The van der Waals surface area contributed by atoms with E-state index in [1.54, 1.807) is 30.5 Å². The van der Waals surface area contributed by atoms with Crippen molar-refractivity contribution in [2.75, 3.05) is 0 Å². The van der Waals surface area contributed by atoms with Gasteiger partial charge >= 0.3 is 0 Å². The van der Waals surface area contributed by atoms with Gasteiger partial charge in [-0.1, -0.05) is 23.7 Å². The molecule has 0 heterocycles. The van der Waals surface area contributed by atoms with Gasteiger partial charge in [-0.2, -0.15) is 5.10 Å². The van der Waals surface area contributed by atoms with E-state index in [4.69, 9.17) is 16.3 Å². The van der Waals surface area contributed by atoms with Crippen LogP contribution in [0.15, 0.2) is 71.8 Å². The number of hydrogen-bond donors (Lipinski definition) is 1. The van der Waals surface area contributed by atoms with E-state index in [0.717, 1.165) is 20.4 Å². The summed E-state index contributed by atoms with van der Waals surface area (Å²) >= 11 is 10.3. The summed E-state index contributed by atoms with van der Waals surface area (Å²) in [6, 6.07) is 20.6. The van der Waals surface area contributed by atoms with E-state index in [9.17, 15) is 4.79 Å². The second kappa shape index (κ2) is 10.2. The highest BCUT2D eigenvalue weighted by molar-refractivity contribution is 14.1. The number of amides is 1. The first-order valence-corrected chi connectivity index (χ1v) is 10.8. The molecule has 0 aromatic heterocycles. The second-order valence-electron chi connectivity index (χ2n) is 5.81. The zero-order valence-corrected chi connectivity index (χ0v) is 19.6. The van der Waals surface area contributed by atoms with Crippen LogP contribution in [-0.2, 0) is 6.61 Å². The first-order valence-electron chi connectivity index (χ1n) is 8.27. The van der Waals surface area contributed by atoms with Crippen molar-refractivity contribution in [3.8, 4) is 5.75 Å². The molecule has 1 N–H and O–H groups in total. The monoisotopic (exact) mass is 616 g/mol. The SMILES string of the molecule is O=C(N/N=C\c1ccc(OCc2ccc(I)cc2)c(I)c1)c1ccc(Cl)cc1. The summed E-state index contributed by atoms with van der Waals surface area (Å²) < 4.78 is 8.06. The van der Waals surface area contributed by atoms with Crippen LogP contribution in [0.2, 0.25) is 5.02 Å². The van der Waals surface area contributed by atoms with Crippen LogP contribution in [0.4, 0.5) is 0 Å². The van der Waals surface area contributed by atoms with E-state index in [1.165, 1.54) is 3.57 Å². The van der Waals surface area contributed by atoms with Gasteiger partial charge in [0.1, 0.15) is 12.4 Å². The average Bonchev–Trinajstić information content (AvgIpc) is 2.69. The summed E-state index contributed by atoms with van der Waals surface area (Å²) in [4.78, 5) is 12.0. The lowest BCUT2D eigenvalue weighted by Gasteiger charge is -2.09. The van der Waals surface area contributed by atoms with Crippen LogP contribution in [0.3, 0.4) is 0 Å². The number of nitrogens with zero attached hydrogens (tertiary/aromatic N) is 1. The number of halogens is 3. The van der Waals surface area contributed by atoms with Crippen LogP contribution in [0.1, 0.15) is 21.5 Å². The van der Waals surface area contributed by atoms with Crippen molar-refractivity contribution in [2.24, 2.45) is 5.10 Å². The fourth-order valence-electron chi connectivity index (χ4n) is 2.29. The quantitative estimate of drug-likeness (QED) is 0.213. The van der Waals surface area contributed by atoms with E-state index in [0.29, 0.717) is 17.2 Å². The minimum absolute atomic E-state index is 0.292. The molecule has 0 radical (unpaired) electrons. The summed E-state index contributed by atoms with van der Waals surface area (Å²) in [5, 5.41) is 4.59. The molecule has 0 unspecified atom stereocenters. The number of hydrogen-bond acceptors (Lipinski definition) is 3. The number of carbonyl (C=O) groups is 1. The summed E-state index contributed by atoms with van der Waals surface area (Å²) in [7, 11) is 0. The molecule has 0 atom stereocenters. The van der Waals surface area contributed by atoms with E-state index in [-0.39, 0.29) is 5.91 Å². The van der Waals surface area contributed by atoms with Crippen LogP contribution in [0, 0.1) is 7.14 Å². The topological polar surface area (TPSA) is 50.7 Å². The third kappa shape index (κ3) is 6.18. The maximum Gasteiger partial charge on any atom is 0.271 e. The highest BCUT2D eigenvalue weighted by atomic mass is 127. The molecule has 0 saturated heterocycles. The molecule has 3 rings (SSSR count). The van der Waals surface area contributed by atoms with Gasteiger partial charge in [-0.25, -0.2) is 5.43 Å². The summed E-state index contributed by atoms with van der Waals surface area (Å²) in [6.45, 7) is 0.511. The van der Waals surface area contributed by atoms with Crippen molar-refractivity contribution in [3.63, 3.8) is 0 Å². The normalized spacial score (nSPS) is 10.8. The Morgan fingerprint density at radius 3 is 2.43 bits per heavy atom. The lowest BCUT2D eigenvalue weighted by atomic mass is 10.2. The fraction of sp³-hybridized carbons (Fsp3) is 0.0476. The van der Waals surface area contributed by atoms with Crippen LogP contribution >= 0.6 is 56.8 Å². The Labute approximate surface area is 195 Å². The molecule has 3 aromatic rings. The summed E-state index contributed by atoms with van der Waals surface area (Å²) in [6.07, 6.45) is 1.60. The highest BCUT2D eigenvalue weighted by Crippen LogP contribution is 2.23. The molecule has 0 aliphatic rings. The maximum absolute atomic E-state index is 12.0. The molecule has 0 aliphatic heterocycles. The van der Waals surface area contributed by atoms with Crippen molar-refractivity contribution in [2.45, 2.75) is 6.61 Å². The standard InChI is InChI=1S/C21H15ClI2N2O2/c22-17-6-4-16(5-7-17)21(27)26-25-12-15-3-10-20(19(24)11-15)28-13-14-1-8-18(23)9-2-14/h1-12H,13H2,(H,26,27)/b25-12-. The lowest BCUT2D eigenvalue weighted by molar-refractivity contribution is 0.0955. The third-order valence-corrected chi connectivity index (χ3v) is 5.56. The molecule has 4 nitrogen and oxygen atoms in total. The zero-order chi connectivity index (χ0) is 19.9. The van der Waals surface area contributed by atoms with Gasteiger partial charge in [0.05, 0.1) is 9.78 Å². The predicted octanol–water partition coefficient (Wildman–Crippen LogP) is 5.89.